The summed E-state index contributed by atoms with van der Waals surface area (Å²) < 4.78 is 5.80. The zero-order valence-electron chi connectivity index (χ0n) is 17.0. The molecule has 1 aromatic heterocycles. The van der Waals surface area contributed by atoms with E-state index >= 15 is 0 Å². The first kappa shape index (κ1) is 20.9. The number of carbonyl (C=O) groups excluding carboxylic acids is 1. The van der Waals surface area contributed by atoms with Crippen LogP contribution < -0.4 is 4.74 Å². The maximum absolute atomic E-state index is 12.9. The van der Waals surface area contributed by atoms with Gasteiger partial charge in [-0.3, -0.25) is 9.78 Å². The first-order valence-electron chi connectivity index (χ1n) is 9.68. The van der Waals surface area contributed by atoms with Gasteiger partial charge in [-0.05, 0) is 45.7 Å². The molecule has 0 radical (unpaired) electrons. The van der Waals surface area contributed by atoms with Crippen LogP contribution in [0.4, 0.5) is 0 Å². The topological polar surface area (TPSA) is 81.0 Å². The lowest BCUT2D eigenvalue weighted by Crippen LogP contribution is -2.25. The molecule has 1 unspecified atom stereocenters. The van der Waals surface area contributed by atoms with Crippen LogP contribution in [-0.2, 0) is 9.63 Å². The Morgan fingerprint density at radius 2 is 2.00 bits per heavy atom. The number of carbonyl (C=O) groups is 1. The van der Waals surface area contributed by atoms with Crippen molar-refractivity contribution in [3.05, 3.63) is 34.3 Å². The first-order chi connectivity index (χ1) is 12.9. The van der Waals surface area contributed by atoms with E-state index < -0.39 is 0 Å². The molecule has 0 aromatic carbocycles. The van der Waals surface area contributed by atoms with Crippen LogP contribution in [0.15, 0.2) is 22.6 Å². The van der Waals surface area contributed by atoms with E-state index in [-0.39, 0.29) is 23.9 Å². The number of nitrogens with zero attached hydrogens (tertiary/aromatic N) is 2. The van der Waals surface area contributed by atoms with E-state index in [2.05, 4.69) is 10.1 Å². The van der Waals surface area contributed by atoms with Crippen LogP contribution in [0.1, 0.15) is 69.3 Å². The van der Waals surface area contributed by atoms with Crippen molar-refractivity contribution in [1.29, 1.82) is 0 Å². The van der Waals surface area contributed by atoms with E-state index in [1.807, 2.05) is 40.7 Å². The van der Waals surface area contributed by atoms with Crippen molar-refractivity contribution in [1.82, 2.24) is 4.98 Å². The van der Waals surface area contributed by atoms with Crippen LogP contribution in [-0.4, -0.2) is 34.8 Å². The van der Waals surface area contributed by atoms with Crippen LogP contribution in [0, 0.1) is 13.8 Å². The van der Waals surface area contributed by atoms with Gasteiger partial charge in [0, 0.05) is 24.5 Å². The molecule has 0 spiro atoms. The average Bonchev–Trinajstić information content (AvgIpc) is 2.61. The summed E-state index contributed by atoms with van der Waals surface area (Å²) in [6.07, 6.45) is 2.00. The Kier molecular flexibility index (Phi) is 7.39. The Bertz CT molecular complexity index is 753. The van der Waals surface area contributed by atoms with Crippen LogP contribution in [0.25, 0.3) is 0 Å². The predicted molar refractivity (Wildman–Crippen MR) is 105 cm³/mol. The highest BCUT2D eigenvalue weighted by Gasteiger charge is 2.34. The zero-order chi connectivity index (χ0) is 20.0. The molecule has 0 saturated heterocycles. The van der Waals surface area contributed by atoms with Gasteiger partial charge in [0.05, 0.1) is 23.6 Å². The molecule has 0 aliphatic heterocycles. The quantitative estimate of drug-likeness (QED) is 0.533. The number of hydrogen-bond donors (Lipinski definition) is 1. The molecule has 1 N–H and O–H groups in total. The third kappa shape index (κ3) is 4.87. The minimum atomic E-state index is -0.212. The van der Waals surface area contributed by atoms with Gasteiger partial charge in [-0.1, -0.05) is 18.5 Å². The molecule has 148 valence electrons. The summed E-state index contributed by atoms with van der Waals surface area (Å²) in [5.41, 5.74) is 3.44. The number of aliphatic hydroxyl groups excluding tert-OH is 1. The Morgan fingerprint density at radius 3 is 2.59 bits per heavy atom. The molecule has 1 atom stereocenters. The lowest BCUT2D eigenvalue weighted by Gasteiger charge is -2.26. The second kappa shape index (κ2) is 9.53. The van der Waals surface area contributed by atoms with Crippen LogP contribution in [0.2, 0.25) is 0 Å². The molecule has 2 rings (SSSR count). The fourth-order valence-electron chi connectivity index (χ4n) is 3.47. The lowest BCUT2D eigenvalue weighted by atomic mass is 9.82. The largest absolute Gasteiger partial charge is 0.511 e. The number of rotatable bonds is 8. The van der Waals surface area contributed by atoms with Crippen molar-refractivity contribution in [2.75, 3.05) is 13.2 Å². The molecular weight excluding hydrogens is 344 g/mol. The van der Waals surface area contributed by atoms with Crippen molar-refractivity contribution in [3.63, 3.8) is 0 Å². The second-order valence-corrected chi connectivity index (χ2v) is 6.78. The van der Waals surface area contributed by atoms with E-state index in [4.69, 9.17) is 9.57 Å². The van der Waals surface area contributed by atoms with E-state index in [9.17, 15) is 9.90 Å². The third-order valence-electron chi connectivity index (χ3n) is 4.51. The van der Waals surface area contributed by atoms with E-state index in [0.29, 0.717) is 43.1 Å². The molecule has 6 nitrogen and oxygen atoms in total. The number of ether oxygens (including phenoxy) is 1. The van der Waals surface area contributed by atoms with Crippen molar-refractivity contribution in [3.8, 4) is 5.75 Å². The number of pyridine rings is 1. The molecular formula is C21H30N2O4. The summed E-state index contributed by atoms with van der Waals surface area (Å²) in [6.45, 7) is 10.6. The second-order valence-electron chi connectivity index (χ2n) is 6.78. The first-order valence-corrected chi connectivity index (χ1v) is 9.68. The van der Waals surface area contributed by atoms with Gasteiger partial charge in [0.1, 0.15) is 18.1 Å². The predicted octanol–water partition coefficient (Wildman–Crippen LogP) is 4.55. The van der Waals surface area contributed by atoms with Gasteiger partial charge in [-0.2, -0.15) is 0 Å². The summed E-state index contributed by atoms with van der Waals surface area (Å²) in [7, 11) is 0. The molecule has 1 aliphatic carbocycles. The summed E-state index contributed by atoms with van der Waals surface area (Å²) >= 11 is 0. The normalized spacial score (nSPS) is 18.0. The fraction of sp³-hybridized carbons (Fsp3) is 0.571. The number of oxime groups is 1. The highest BCUT2D eigenvalue weighted by atomic mass is 16.6. The highest BCUT2D eigenvalue weighted by molar-refractivity contribution is 6.23. The maximum atomic E-state index is 12.9. The Hall–Kier alpha value is -2.37. The number of allylic oxidation sites excluding steroid dienone is 2. The maximum Gasteiger partial charge on any atom is 0.168 e. The van der Waals surface area contributed by atoms with E-state index in [1.165, 1.54) is 0 Å². The Balaban J connectivity index is 2.42. The molecule has 0 amide bonds. The van der Waals surface area contributed by atoms with Gasteiger partial charge in [-0.25, -0.2) is 0 Å². The van der Waals surface area contributed by atoms with Gasteiger partial charge < -0.3 is 14.7 Å². The lowest BCUT2D eigenvalue weighted by molar-refractivity contribution is -0.116. The minimum Gasteiger partial charge on any atom is -0.511 e. The number of ketones is 1. The molecule has 0 saturated carbocycles. The average molecular weight is 374 g/mol. The van der Waals surface area contributed by atoms with Crippen molar-refractivity contribution in [2.45, 2.75) is 66.2 Å². The summed E-state index contributed by atoms with van der Waals surface area (Å²) in [5, 5.41) is 14.7. The number of Topliss-reactive ketones (excluding diaryl/α,β-unsaturated/α-hetero) is 1. The third-order valence-corrected chi connectivity index (χ3v) is 4.51. The summed E-state index contributed by atoms with van der Waals surface area (Å²) in [6, 6.07) is 1.97. The van der Waals surface area contributed by atoms with Crippen molar-refractivity contribution in [2.24, 2.45) is 5.16 Å². The van der Waals surface area contributed by atoms with Gasteiger partial charge >= 0.3 is 0 Å². The standard InChI is InChI=1S/C21H30N2O4/c1-6-9-16(23-27-8-3)19-17(24)11-15(12-18(19)25)20-21(26-7-2)13(4)10-14(5)22-20/h10,15,24H,6-9,11-12H2,1-5H3/b23-16+. The number of aryl methyl sites for hydroxylation is 2. The van der Waals surface area contributed by atoms with Crippen LogP contribution in [0.5, 0.6) is 5.75 Å². The SMILES string of the molecule is CCC/C(=N\OCC)C1=C(O)CC(c2nc(C)cc(C)c2OCC)CC1=O. The number of hydrogen-bond acceptors (Lipinski definition) is 6. The number of aromatic nitrogens is 1. The van der Waals surface area contributed by atoms with Crippen molar-refractivity contribution >= 4 is 11.5 Å². The molecule has 0 fully saturated rings. The van der Waals surface area contributed by atoms with Crippen LogP contribution >= 0.6 is 0 Å². The molecule has 27 heavy (non-hydrogen) atoms. The Labute approximate surface area is 161 Å². The van der Waals surface area contributed by atoms with Crippen LogP contribution in [0.3, 0.4) is 0 Å². The van der Waals surface area contributed by atoms with Crippen molar-refractivity contribution < 1.29 is 19.5 Å². The van der Waals surface area contributed by atoms with E-state index in [1.54, 1.807) is 0 Å². The molecule has 0 bridgehead atoms. The van der Waals surface area contributed by atoms with Gasteiger partial charge in [0.2, 0.25) is 0 Å². The van der Waals surface area contributed by atoms with Gasteiger partial charge in [-0.15, -0.1) is 0 Å². The fourth-order valence-corrected chi connectivity index (χ4v) is 3.47. The number of aliphatic hydroxyl groups is 1. The van der Waals surface area contributed by atoms with E-state index in [0.717, 1.165) is 23.4 Å². The molecule has 6 heteroatoms. The monoisotopic (exact) mass is 374 g/mol. The smallest absolute Gasteiger partial charge is 0.168 e. The molecule has 1 aliphatic rings. The Morgan fingerprint density at radius 1 is 1.26 bits per heavy atom. The summed E-state index contributed by atoms with van der Waals surface area (Å²) in [5.74, 6) is 0.441. The molecule has 1 aromatic rings. The summed E-state index contributed by atoms with van der Waals surface area (Å²) in [4.78, 5) is 22.7. The molecule has 1 heterocycles. The van der Waals surface area contributed by atoms with Gasteiger partial charge in [0.25, 0.3) is 0 Å². The minimum absolute atomic E-state index is 0.0616. The zero-order valence-corrected chi connectivity index (χ0v) is 17.0. The highest BCUT2D eigenvalue weighted by Crippen LogP contribution is 2.39. The van der Waals surface area contributed by atoms with Gasteiger partial charge in [0.15, 0.2) is 5.78 Å².